The van der Waals surface area contributed by atoms with Crippen molar-refractivity contribution < 1.29 is 4.79 Å². The van der Waals surface area contributed by atoms with E-state index in [4.69, 9.17) is 11.6 Å². The Hall–Kier alpha value is -2.93. The van der Waals surface area contributed by atoms with Crippen molar-refractivity contribution in [3.8, 4) is 5.82 Å². The quantitative estimate of drug-likeness (QED) is 0.750. The van der Waals surface area contributed by atoms with Crippen molar-refractivity contribution >= 4 is 29.0 Å². The summed E-state index contributed by atoms with van der Waals surface area (Å²) in [5.41, 5.74) is 0.660. The van der Waals surface area contributed by atoms with Crippen LogP contribution in [0.5, 0.6) is 0 Å². The molecule has 1 saturated heterocycles. The number of rotatable bonds is 4. The Kier molecular flexibility index (Phi) is 5.02. The number of nitrogens with zero attached hydrogens (tertiary/aromatic N) is 5. The zero-order valence-corrected chi connectivity index (χ0v) is 15.4. The summed E-state index contributed by atoms with van der Waals surface area (Å²) in [6.45, 7) is 1.53. The summed E-state index contributed by atoms with van der Waals surface area (Å²) in [5, 5.41) is 3.49. The molecule has 0 bridgehead atoms. The molecule has 0 atom stereocenters. The van der Waals surface area contributed by atoms with Gasteiger partial charge in [-0.1, -0.05) is 23.7 Å². The Morgan fingerprint density at radius 3 is 2.67 bits per heavy atom. The Bertz CT molecular complexity index is 921. The van der Waals surface area contributed by atoms with E-state index in [1.807, 2.05) is 35.0 Å². The van der Waals surface area contributed by atoms with Crippen LogP contribution in [-0.4, -0.2) is 38.5 Å². The summed E-state index contributed by atoms with van der Waals surface area (Å²) in [4.78, 5) is 27.4. The summed E-state index contributed by atoms with van der Waals surface area (Å²) in [6, 6.07) is 9.22. The number of piperidine rings is 1. The zero-order valence-electron chi connectivity index (χ0n) is 14.6. The van der Waals surface area contributed by atoms with Crippen molar-refractivity contribution in [3.63, 3.8) is 0 Å². The van der Waals surface area contributed by atoms with Gasteiger partial charge in [-0.3, -0.25) is 9.36 Å². The van der Waals surface area contributed by atoms with Crippen molar-refractivity contribution in [1.29, 1.82) is 0 Å². The second-order valence-corrected chi connectivity index (χ2v) is 6.84. The SMILES string of the molecule is O=C(Nc1ccccc1Cl)C1CCN(c2cc(-n3ccnc3)ncn2)CC1. The van der Waals surface area contributed by atoms with Crippen LogP contribution >= 0.6 is 11.6 Å². The molecule has 4 rings (SSSR count). The number of hydrogen-bond donors (Lipinski definition) is 1. The van der Waals surface area contributed by atoms with Gasteiger partial charge in [-0.25, -0.2) is 15.0 Å². The molecule has 1 aliphatic heterocycles. The summed E-state index contributed by atoms with van der Waals surface area (Å²) in [7, 11) is 0. The number of para-hydroxylation sites is 1. The second kappa shape index (κ2) is 7.75. The molecule has 3 heterocycles. The van der Waals surface area contributed by atoms with Gasteiger partial charge in [0.1, 0.15) is 24.3 Å². The van der Waals surface area contributed by atoms with Gasteiger partial charge in [0.15, 0.2) is 0 Å². The predicted molar refractivity (Wildman–Crippen MR) is 104 cm³/mol. The molecular formula is C19H19ClN6O. The molecule has 1 fully saturated rings. The molecule has 7 nitrogen and oxygen atoms in total. The lowest BCUT2D eigenvalue weighted by atomic mass is 9.96. The number of halogens is 1. The fourth-order valence-corrected chi connectivity index (χ4v) is 3.40. The number of anilines is 2. The summed E-state index contributed by atoms with van der Waals surface area (Å²) >= 11 is 6.12. The molecule has 1 amide bonds. The molecular weight excluding hydrogens is 364 g/mol. The van der Waals surface area contributed by atoms with Crippen molar-refractivity contribution in [2.45, 2.75) is 12.8 Å². The highest BCUT2D eigenvalue weighted by molar-refractivity contribution is 6.33. The third kappa shape index (κ3) is 3.93. The van der Waals surface area contributed by atoms with Gasteiger partial charge in [-0.15, -0.1) is 0 Å². The molecule has 1 aromatic carbocycles. The number of nitrogens with one attached hydrogen (secondary N) is 1. The maximum Gasteiger partial charge on any atom is 0.227 e. The molecule has 1 N–H and O–H groups in total. The number of amides is 1. The van der Waals surface area contributed by atoms with Gasteiger partial charge < -0.3 is 10.2 Å². The maximum absolute atomic E-state index is 12.5. The van der Waals surface area contributed by atoms with E-state index >= 15 is 0 Å². The van der Waals surface area contributed by atoms with E-state index in [-0.39, 0.29) is 11.8 Å². The molecule has 1 aliphatic rings. The van der Waals surface area contributed by atoms with Crippen LogP contribution in [0.25, 0.3) is 5.82 Å². The lowest BCUT2D eigenvalue weighted by Crippen LogP contribution is -2.38. The van der Waals surface area contributed by atoms with Crippen molar-refractivity contribution in [2.24, 2.45) is 5.92 Å². The fraction of sp³-hybridized carbons (Fsp3) is 0.263. The first-order chi connectivity index (χ1) is 13.2. The molecule has 138 valence electrons. The topological polar surface area (TPSA) is 75.9 Å². The van der Waals surface area contributed by atoms with Gasteiger partial charge in [0.2, 0.25) is 5.91 Å². The van der Waals surface area contributed by atoms with E-state index in [2.05, 4.69) is 25.2 Å². The fourth-order valence-electron chi connectivity index (χ4n) is 3.21. The smallest absolute Gasteiger partial charge is 0.227 e. The monoisotopic (exact) mass is 382 g/mol. The molecule has 0 aliphatic carbocycles. The number of carbonyl (C=O) groups is 1. The Morgan fingerprint density at radius 2 is 1.93 bits per heavy atom. The Morgan fingerprint density at radius 1 is 1.15 bits per heavy atom. The highest BCUT2D eigenvalue weighted by Gasteiger charge is 2.26. The molecule has 0 saturated carbocycles. The Balaban J connectivity index is 1.38. The van der Waals surface area contributed by atoms with Crippen LogP contribution in [-0.2, 0) is 4.79 Å². The highest BCUT2D eigenvalue weighted by atomic mass is 35.5. The second-order valence-electron chi connectivity index (χ2n) is 6.43. The summed E-state index contributed by atoms with van der Waals surface area (Å²) in [5.74, 6) is 1.62. The minimum Gasteiger partial charge on any atom is -0.356 e. The van der Waals surface area contributed by atoms with E-state index < -0.39 is 0 Å². The largest absolute Gasteiger partial charge is 0.356 e. The van der Waals surface area contributed by atoms with Crippen LogP contribution in [0.15, 0.2) is 55.4 Å². The molecule has 0 spiro atoms. The average molecular weight is 383 g/mol. The van der Waals surface area contributed by atoms with Crippen LogP contribution in [0.2, 0.25) is 5.02 Å². The van der Waals surface area contributed by atoms with Gasteiger partial charge in [-0.2, -0.15) is 0 Å². The third-order valence-electron chi connectivity index (χ3n) is 4.73. The lowest BCUT2D eigenvalue weighted by Gasteiger charge is -2.32. The molecule has 8 heteroatoms. The Labute approximate surface area is 162 Å². The standard InChI is InChI=1S/C19H19ClN6O/c20-15-3-1-2-4-16(15)24-19(27)14-5-8-25(9-6-14)17-11-18(23-12-22-17)26-10-7-21-13-26/h1-4,7,10-14H,5-6,8-9H2,(H,24,27). The molecule has 0 unspecified atom stereocenters. The van der Waals surface area contributed by atoms with E-state index in [1.165, 1.54) is 0 Å². The minimum absolute atomic E-state index is 0.0181. The van der Waals surface area contributed by atoms with Gasteiger partial charge in [-0.05, 0) is 25.0 Å². The molecule has 0 radical (unpaired) electrons. The average Bonchev–Trinajstić information content (AvgIpc) is 3.25. The van der Waals surface area contributed by atoms with Gasteiger partial charge in [0, 0.05) is 37.5 Å². The maximum atomic E-state index is 12.5. The number of imidazole rings is 1. The van der Waals surface area contributed by atoms with E-state index in [0.29, 0.717) is 10.7 Å². The van der Waals surface area contributed by atoms with Crippen molar-refractivity contribution in [3.05, 3.63) is 60.4 Å². The van der Waals surface area contributed by atoms with Crippen LogP contribution in [0.1, 0.15) is 12.8 Å². The first kappa shape index (κ1) is 17.5. The lowest BCUT2D eigenvalue weighted by molar-refractivity contribution is -0.120. The number of hydrogen-bond acceptors (Lipinski definition) is 5. The predicted octanol–water partition coefficient (Wildman–Crippen LogP) is 3.17. The van der Waals surface area contributed by atoms with Crippen LogP contribution in [0, 0.1) is 5.92 Å². The number of aromatic nitrogens is 4. The van der Waals surface area contributed by atoms with E-state index in [9.17, 15) is 4.79 Å². The van der Waals surface area contributed by atoms with E-state index in [0.717, 1.165) is 37.6 Å². The molecule has 3 aromatic rings. The first-order valence-electron chi connectivity index (χ1n) is 8.81. The molecule has 27 heavy (non-hydrogen) atoms. The van der Waals surface area contributed by atoms with Crippen LogP contribution in [0.4, 0.5) is 11.5 Å². The molecule has 2 aromatic heterocycles. The van der Waals surface area contributed by atoms with Gasteiger partial charge in [0.25, 0.3) is 0 Å². The minimum atomic E-state index is -0.0347. The third-order valence-corrected chi connectivity index (χ3v) is 5.06. The number of carbonyl (C=O) groups excluding carboxylic acids is 1. The number of benzene rings is 1. The highest BCUT2D eigenvalue weighted by Crippen LogP contribution is 2.26. The van der Waals surface area contributed by atoms with Crippen LogP contribution < -0.4 is 10.2 Å². The van der Waals surface area contributed by atoms with Gasteiger partial charge >= 0.3 is 0 Å². The van der Waals surface area contributed by atoms with Crippen molar-refractivity contribution in [1.82, 2.24) is 19.5 Å². The van der Waals surface area contributed by atoms with Crippen LogP contribution in [0.3, 0.4) is 0 Å². The van der Waals surface area contributed by atoms with E-state index in [1.54, 1.807) is 24.9 Å². The zero-order chi connectivity index (χ0) is 18.6. The summed E-state index contributed by atoms with van der Waals surface area (Å²) < 4.78 is 1.84. The summed E-state index contributed by atoms with van der Waals surface area (Å²) in [6.07, 6.45) is 8.35. The first-order valence-corrected chi connectivity index (χ1v) is 9.19. The van der Waals surface area contributed by atoms with Crippen molar-refractivity contribution in [2.75, 3.05) is 23.3 Å². The normalized spacial score (nSPS) is 14.9. The van der Waals surface area contributed by atoms with Gasteiger partial charge in [0.05, 0.1) is 10.7 Å².